The number of anilines is 1. The molecular weight excluding hydrogens is 423 g/mol. The molecule has 0 atom stereocenters. The molecule has 14 heteroatoms. The molecule has 1 aliphatic heterocycles. The Morgan fingerprint density at radius 3 is 2.31 bits per heavy atom. The highest BCUT2D eigenvalue weighted by molar-refractivity contribution is 7.88. The van der Waals surface area contributed by atoms with Gasteiger partial charge in [-0.25, -0.2) is 9.59 Å². The number of halogens is 3. The van der Waals surface area contributed by atoms with Gasteiger partial charge in [0.05, 0.1) is 18.1 Å². The number of hydrogen-bond donors (Lipinski definition) is 3. The van der Waals surface area contributed by atoms with Gasteiger partial charge in [-0.05, 0) is 13.0 Å². The van der Waals surface area contributed by atoms with Crippen LogP contribution in [0.4, 0.5) is 18.9 Å². The minimum atomic E-state index is -5.68. The van der Waals surface area contributed by atoms with Crippen molar-refractivity contribution >= 4 is 27.7 Å². The van der Waals surface area contributed by atoms with Gasteiger partial charge in [0.2, 0.25) is 0 Å². The smallest absolute Gasteiger partial charge is 0.478 e. The highest BCUT2D eigenvalue weighted by Crippen LogP contribution is 2.28. The lowest BCUT2D eigenvalue weighted by atomic mass is 10.3. The molecule has 10 nitrogen and oxygen atoms in total. The summed E-state index contributed by atoms with van der Waals surface area (Å²) in [5.74, 6) is -2.97. The van der Waals surface area contributed by atoms with Crippen LogP contribution in [-0.4, -0.2) is 67.2 Å². The number of carbonyl (C=O) groups is 2. The second-order valence-electron chi connectivity index (χ2n) is 5.46. The standard InChI is InChI=1S/C11H14F3N3O3S.C4H4O4/c12-11(13,14)21(18,19)20-10-6-9(7-16-8-10)17-4-1-2-15-3-5-17;5-3(6)1-2-4(7)8/h6-8,15H,1-5H2;1-2H,(H,5,6)(H,7,8)/b;2-1+. The third kappa shape index (κ3) is 8.78. The number of carboxylic acid groups (broad SMARTS) is 2. The molecule has 0 saturated carbocycles. The highest BCUT2D eigenvalue weighted by atomic mass is 32.2. The molecule has 1 aliphatic rings. The molecular formula is C15H18F3N3O7S. The third-order valence-electron chi connectivity index (χ3n) is 3.26. The quantitative estimate of drug-likeness (QED) is 0.341. The number of nitrogens with one attached hydrogen (secondary N) is 1. The van der Waals surface area contributed by atoms with E-state index in [0.717, 1.165) is 25.7 Å². The normalized spacial score (nSPS) is 15.2. The number of carboxylic acids is 2. The summed E-state index contributed by atoms with van der Waals surface area (Å²) < 4.78 is 62.8. The summed E-state index contributed by atoms with van der Waals surface area (Å²) in [7, 11) is -5.68. The third-order valence-corrected chi connectivity index (χ3v) is 4.24. The second kappa shape index (κ2) is 10.6. The van der Waals surface area contributed by atoms with Crippen molar-refractivity contribution in [3.63, 3.8) is 0 Å². The molecule has 162 valence electrons. The fourth-order valence-electron chi connectivity index (χ4n) is 2.05. The Labute approximate surface area is 163 Å². The van der Waals surface area contributed by atoms with Gasteiger partial charge in [-0.15, -0.1) is 0 Å². The van der Waals surface area contributed by atoms with E-state index in [-0.39, 0.29) is 0 Å². The minimum absolute atomic E-state index is 0.456. The number of alkyl halides is 3. The Morgan fingerprint density at radius 1 is 1.14 bits per heavy atom. The summed E-state index contributed by atoms with van der Waals surface area (Å²) in [6.07, 6.45) is 4.37. The first-order valence-electron chi connectivity index (χ1n) is 7.98. The molecule has 0 aromatic carbocycles. The summed E-state index contributed by atoms with van der Waals surface area (Å²) in [6.45, 7) is 2.93. The van der Waals surface area contributed by atoms with Crippen LogP contribution >= 0.6 is 0 Å². The van der Waals surface area contributed by atoms with Crippen molar-refractivity contribution in [2.45, 2.75) is 11.9 Å². The van der Waals surface area contributed by atoms with Gasteiger partial charge in [0, 0.05) is 37.9 Å². The average molecular weight is 441 g/mol. The monoisotopic (exact) mass is 441 g/mol. The zero-order valence-corrected chi connectivity index (χ0v) is 15.6. The molecule has 0 spiro atoms. The van der Waals surface area contributed by atoms with Crippen molar-refractivity contribution in [1.29, 1.82) is 0 Å². The summed E-state index contributed by atoms with van der Waals surface area (Å²) >= 11 is 0. The molecule has 1 fully saturated rings. The molecule has 0 radical (unpaired) electrons. The van der Waals surface area contributed by atoms with E-state index in [1.807, 2.05) is 4.90 Å². The van der Waals surface area contributed by atoms with Gasteiger partial charge in [-0.1, -0.05) is 0 Å². The zero-order valence-electron chi connectivity index (χ0n) is 14.8. The van der Waals surface area contributed by atoms with Crippen LogP contribution in [0.2, 0.25) is 0 Å². The molecule has 3 N–H and O–H groups in total. The molecule has 29 heavy (non-hydrogen) atoms. The van der Waals surface area contributed by atoms with Crippen LogP contribution in [0.25, 0.3) is 0 Å². The summed E-state index contributed by atoms with van der Waals surface area (Å²) in [6, 6.07) is 1.24. The topological polar surface area (TPSA) is 146 Å². The van der Waals surface area contributed by atoms with Crippen LogP contribution in [0, 0.1) is 0 Å². The molecule has 0 unspecified atom stereocenters. The number of hydrogen-bond acceptors (Lipinski definition) is 8. The lowest BCUT2D eigenvalue weighted by Gasteiger charge is -2.22. The molecule has 1 aromatic heterocycles. The number of aromatic nitrogens is 1. The fourth-order valence-corrected chi connectivity index (χ4v) is 2.49. The molecule has 2 heterocycles. The SMILES string of the molecule is O=C(O)/C=C/C(=O)O.O=S(=O)(Oc1cncc(N2CCCNCC2)c1)C(F)(F)F. The van der Waals surface area contributed by atoms with Crippen molar-refractivity contribution in [1.82, 2.24) is 10.3 Å². The van der Waals surface area contributed by atoms with Crippen LogP contribution in [0.1, 0.15) is 6.42 Å². The number of aliphatic carboxylic acids is 2. The van der Waals surface area contributed by atoms with E-state index in [4.69, 9.17) is 10.2 Å². The van der Waals surface area contributed by atoms with Gasteiger partial charge < -0.3 is 24.6 Å². The van der Waals surface area contributed by atoms with Crippen LogP contribution < -0.4 is 14.4 Å². The Bertz CT molecular complexity index is 820. The van der Waals surface area contributed by atoms with E-state index in [2.05, 4.69) is 14.5 Å². The van der Waals surface area contributed by atoms with Crippen molar-refractivity contribution < 1.29 is 45.6 Å². The van der Waals surface area contributed by atoms with E-state index < -0.39 is 33.3 Å². The van der Waals surface area contributed by atoms with Gasteiger partial charge >= 0.3 is 27.6 Å². The number of nitrogens with zero attached hydrogens (tertiary/aromatic N) is 2. The minimum Gasteiger partial charge on any atom is -0.478 e. The van der Waals surface area contributed by atoms with E-state index in [9.17, 15) is 31.2 Å². The molecule has 1 aromatic rings. The first-order valence-corrected chi connectivity index (χ1v) is 9.38. The maximum absolute atomic E-state index is 12.3. The van der Waals surface area contributed by atoms with Gasteiger partial charge in [-0.3, -0.25) is 4.98 Å². The van der Waals surface area contributed by atoms with Crippen molar-refractivity contribution in [3.05, 3.63) is 30.6 Å². The van der Waals surface area contributed by atoms with E-state index in [1.165, 1.54) is 12.3 Å². The van der Waals surface area contributed by atoms with Gasteiger partial charge in [0.25, 0.3) is 0 Å². The molecule has 0 amide bonds. The lowest BCUT2D eigenvalue weighted by Crippen LogP contribution is -2.29. The lowest BCUT2D eigenvalue weighted by molar-refractivity contribution is -0.134. The highest BCUT2D eigenvalue weighted by Gasteiger charge is 2.48. The van der Waals surface area contributed by atoms with Gasteiger partial charge in [0.1, 0.15) is 0 Å². The average Bonchev–Trinajstić information content (AvgIpc) is 2.89. The zero-order chi connectivity index (χ0) is 22.1. The summed E-state index contributed by atoms with van der Waals surface area (Å²) in [5, 5.41) is 18.8. The Balaban J connectivity index is 0.000000447. The predicted molar refractivity (Wildman–Crippen MR) is 94.0 cm³/mol. The number of rotatable bonds is 5. The van der Waals surface area contributed by atoms with E-state index >= 15 is 0 Å². The van der Waals surface area contributed by atoms with E-state index in [0.29, 0.717) is 30.9 Å². The van der Waals surface area contributed by atoms with Gasteiger partial charge in [0.15, 0.2) is 5.75 Å². The van der Waals surface area contributed by atoms with Crippen LogP contribution in [-0.2, 0) is 19.7 Å². The molecule has 1 saturated heterocycles. The summed E-state index contributed by atoms with van der Waals surface area (Å²) in [4.78, 5) is 24.7. The van der Waals surface area contributed by atoms with Gasteiger partial charge in [-0.2, -0.15) is 21.6 Å². The first kappa shape index (κ1) is 24.2. The van der Waals surface area contributed by atoms with Crippen LogP contribution in [0.3, 0.4) is 0 Å². The van der Waals surface area contributed by atoms with Crippen molar-refractivity contribution in [2.75, 3.05) is 31.1 Å². The van der Waals surface area contributed by atoms with Crippen molar-refractivity contribution in [3.8, 4) is 5.75 Å². The maximum atomic E-state index is 12.3. The second-order valence-corrected chi connectivity index (χ2v) is 7.00. The molecule has 0 aliphatic carbocycles. The van der Waals surface area contributed by atoms with Crippen LogP contribution in [0.5, 0.6) is 5.75 Å². The summed E-state index contributed by atoms with van der Waals surface area (Å²) in [5.41, 5.74) is -4.94. The van der Waals surface area contributed by atoms with Crippen molar-refractivity contribution in [2.24, 2.45) is 0 Å². The Morgan fingerprint density at radius 2 is 1.76 bits per heavy atom. The molecule has 2 rings (SSSR count). The Kier molecular flexibility index (Phi) is 8.85. The fraction of sp³-hybridized carbons (Fsp3) is 0.400. The predicted octanol–water partition coefficient (Wildman–Crippen LogP) is 0.821. The van der Waals surface area contributed by atoms with E-state index in [1.54, 1.807) is 0 Å². The maximum Gasteiger partial charge on any atom is 0.534 e. The van der Waals surface area contributed by atoms with Crippen LogP contribution in [0.15, 0.2) is 30.6 Å². The first-order chi connectivity index (χ1) is 13.4. The number of pyridine rings is 1. The largest absolute Gasteiger partial charge is 0.534 e. The Hall–Kier alpha value is -2.87. The molecule has 0 bridgehead atoms.